The van der Waals surface area contributed by atoms with Crippen molar-refractivity contribution < 1.29 is 8.42 Å². The topological polar surface area (TPSA) is 73.0 Å². The van der Waals surface area contributed by atoms with Gasteiger partial charge in [-0.2, -0.15) is 0 Å². The summed E-state index contributed by atoms with van der Waals surface area (Å²) in [7, 11) is -2.96. The fourth-order valence-corrected chi connectivity index (χ4v) is 4.26. The average molecular weight is 361 g/mol. The van der Waals surface area contributed by atoms with Crippen LogP contribution in [0.4, 0.5) is 5.69 Å². The number of sulfone groups is 1. The maximum Gasteiger partial charge on any atom is 0.148 e. The zero-order chi connectivity index (χ0) is 14.0. The van der Waals surface area contributed by atoms with Crippen molar-refractivity contribution in [2.75, 3.05) is 23.5 Å². The van der Waals surface area contributed by atoms with Gasteiger partial charge >= 0.3 is 0 Å². The Morgan fingerprint density at radius 1 is 1.42 bits per heavy atom. The first kappa shape index (κ1) is 14.6. The Balaban J connectivity index is 2.35. The molecule has 0 aliphatic rings. The molecule has 1 aromatic heterocycles. The molecular weight excluding hydrogens is 348 g/mol. The van der Waals surface area contributed by atoms with E-state index in [-0.39, 0.29) is 5.75 Å². The predicted molar refractivity (Wildman–Crippen MR) is 84.3 cm³/mol. The summed E-state index contributed by atoms with van der Waals surface area (Å²) in [4.78, 5) is 5.15. The first-order valence-corrected chi connectivity index (χ1v) is 9.35. The Bertz CT molecular complexity index is 712. The van der Waals surface area contributed by atoms with E-state index in [0.717, 1.165) is 20.3 Å². The number of nitrogen functional groups attached to an aromatic ring is 1. The maximum atomic E-state index is 11.2. The first-order valence-electron chi connectivity index (χ1n) is 5.51. The Labute approximate surface area is 124 Å². The fourth-order valence-electron chi connectivity index (χ4n) is 1.61. The summed E-state index contributed by atoms with van der Waals surface area (Å²) in [6, 6.07) is 5.76. The van der Waals surface area contributed by atoms with Gasteiger partial charge in [0.2, 0.25) is 0 Å². The lowest BCUT2D eigenvalue weighted by molar-refractivity contribution is 0.603. The van der Waals surface area contributed by atoms with Crippen molar-refractivity contribution in [3.8, 4) is 0 Å². The molecule has 0 amide bonds. The van der Waals surface area contributed by atoms with Crippen LogP contribution in [0.2, 0.25) is 0 Å². The van der Waals surface area contributed by atoms with Gasteiger partial charge in [-0.15, -0.1) is 11.8 Å². The van der Waals surface area contributed by atoms with Gasteiger partial charge in [0.1, 0.15) is 9.84 Å². The summed E-state index contributed by atoms with van der Waals surface area (Å²) in [6.07, 6.45) is 2.84. The number of rotatable bonds is 4. The van der Waals surface area contributed by atoms with E-state index < -0.39 is 9.84 Å². The number of nitrogens with two attached hydrogens (primary N) is 1. The van der Waals surface area contributed by atoms with Gasteiger partial charge in [0.25, 0.3) is 0 Å². The van der Waals surface area contributed by atoms with Crippen LogP contribution in [0, 0.1) is 0 Å². The highest BCUT2D eigenvalue weighted by Crippen LogP contribution is 2.33. The molecule has 0 saturated carbocycles. The summed E-state index contributed by atoms with van der Waals surface area (Å²) in [5, 5.41) is 0.938. The van der Waals surface area contributed by atoms with E-state index in [0.29, 0.717) is 11.4 Å². The SMILES string of the molecule is CS(=O)(=O)CCSc1c(N)cnc2ccc(Br)cc12. The molecule has 0 atom stereocenters. The molecular formula is C12H13BrN2O2S2. The monoisotopic (exact) mass is 360 g/mol. The minimum Gasteiger partial charge on any atom is -0.397 e. The van der Waals surface area contributed by atoms with E-state index in [2.05, 4.69) is 20.9 Å². The molecule has 19 heavy (non-hydrogen) atoms. The molecule has 0 saturated heterocycles. The van der Waals surface area contributed by atoms with Gasteiger partial charge in [0.05, 0.1) is 23.2 Å². The van der Waals surface area contributed by atoms with Gasteiger partial charge in [-0.25, -0.2) is 8.42 Å². The number of hydrogen-bond donors (Lipinski definition) is 1. The molecule has 0 bridgehead atoms. The maximum absolute atomic E-state index is 11.2. The van der Waals surface area contributed by atoms with Gasteiger partial charge in [-0.1, -0.05) is 15.9 Å². The van der Waals surface area contributed by atoms with Crippen LogP contribution < -0.4 is 5.73 Å². The number of anilines is 1. The quantitative estimate of drug-likeness (QED) is 0.848. The van der Waals surface area contributed by atoms with Crippen LogP contribution in [0.5, 0.6) is 0 Å². The second-order valence-corrected chi connectivity index (χ2v) is 8.46. The van der Waals surface area contributed by atoms with Gasteiger partial charge in [-0.3, -0.25) is 4.98 Å². The predicted octanol–water partition coefficient (Wildman–Crippen LogP) is 2.72. The molecule has 0 fully saturated rings. The van der Waals surface area contributed by atoms with E-state index in [1.807, 2.05) is 18.2 Å². The third kappa shape index (κ3) is 3.84. The summed E-state index contributed by atoms with van der Waals surface area (Å²) >= 11 is 4.86. The van der Waals surface area contributed by atoms with Crippen LogP contribution in [-0.4, -0.2) is 31.2 Å². The zero-order valence-corrected chi connectivity index (χ0v) is 13.5. The van der Waals surface area contributed by atoms with Crippen LogP contribution in [0.1, 0.15) is 0 Å². The smallest absolute Gasteiger partial charge is 0.148 e. The number of aromatic nitrogens is 1. The van der Waals surface area contributed by atoms with E-state index in [1.54, 1.807) is 6.20 Å². The summed E-state index contributed by atoms with van der Waals surface area (Å²) in [5.74, 6) is 0.615. The number of fused-ring (bicyclic) bond motifs is 1. The van der Waals surface area contributed by atoms with Crippen LogP contribution >= 0.6 is 27.7 Å². The molecule has 0 aliphatic heterocycles. The highest BCUT2D eigenvalue weighted by atomic mass is 79.9. The second-order valence-electron chi connectivity index (χ2n) is 4.18. The lowest BCUT2D eigenvalue weighted by Crippen LogP contribution is -2.05. The van der Waals surface area contributed by atoms with Crippen molar-refractivity contribution in [2.45, 2.75) is 4.90 Å². The molecule has 0 spiro atoms. The van der Waals surface area contributed by atoms with Crippen LogP contribution in [0.25, 0.3) is 10.9 Å². The van der Waals surface area contributed by atoms with Gasteiger partial charge in [0, 0.05) is 26.8 Å². The van der Waals surface area contributed by atoms with Crippen molar-refractivity contribution >= 4 is 54.1 Å². The van der Waals surface area contributed by atoms with Gasteiger partial charge in [-0.05, 0) is 18.2 Å². The van der Waals surface area contributed by atoms with E-state index in [4.69, 9.17) is 5.73 Å². The molecule has 4 nitrogen and oxygen atoms in total. The molecule has 0 aliphatic carbocycles. The molecule has 7 heteroatoms. The third-order valence-electron chi connectivity index (χ3n) is 2.51. The summed E-state index contributed by atoms with van der Waals surface area (Å²) in [6.45, 7) is 0. The van der Waals surface area contributed by atoms with Crippen LogP contribution in [-0.2, 0) is 9.84 Å². The Hall–Kier alpha value is -0.790. The number of hydrogen-bond acceptors (Lipinski definition) is 5. The lowest BCUT2D eigenvalue weighted by atomic mass is 10.2. The number of benzene rings is 1. The van der Waals surface area contributed by atoms with Crippen molar-refractivity contribution in [3.05, 3.63) is 28.9 Å². The van der Waals surface area contributed by atoms with E-state index >= 15 is 0 Å². The highest BCUT2D eigenvalue weighted by Gasteiger charge is 2.10. The van der Waals surface area contributed by atoms with Crippen molar-refractivity contribution in [2.24, 2.45) is 0 Å². The second kappa shape index (κ2) is 5.68. The molecule has 0 unspecified atom stereocenters. The molecule has 2 N–H and O–H groups in total. The summed E-state index contributed by atoms with van der Waals surface area (Å²) in [5.41, 5.74) is 7.36. The van der Waals surface area contributed by atoms with Crippen molar-refractivity contribution in [1.29, 1.82) is 0 Å². The van der Waals surface area contributed by atoms with Crippen LogP contribution in [0.3, 0.4) is 0 Å². The normalized spacial score (nSPS) is 11.9. The number of pyridine rings is 1. The largest absolute Gasteiger partial charge is 0.397 e. The molecule has 2 aromatic rings. The molecule has 102 valence electrons. The summed E-state index contributed by atoms with van der Waals surface area (Å²) < 4.78 is 23.3. The van der Waals surface area contributed by atoms with E-state index in [1.165, 1.54) is 18.0 Å². The Kier molecular flexibility index (Phi) is 4.37. The van der Waals surface area contributed by atoms with Crippen molar-refractivity contribution in [3.63, 3.8) is 0 Å². The highest BCUT2D eigenvalue weighted by molar-refractivity contribution is 9.10. The average Bonchev–Trinajstić information content (AvgIpc) is 2.30. The third-order valence-corrected chi connectivity index (χ3v) is 5.36. The Morgan fingerprint density at radius 3 is 2.84 bits per heavy atom. The van der Waals surface area contributed by atoms with Crippen molar-refractivity contribution in [1.82, 2.24) is 4.98 Å². The van der Waals surface area contributed by atoms with Crippen LogP contribution in [0.15, 0.2) is 33.8 Å². The minimum absolute atomic E-state index is 0.134. The lowest BCUT2D eigenvalue weighted by Gasteiger charge is -2.09. The fraction of sp³-hybridized carbons (Fsp3) is 0.250. The zero-order valence-electron chi connectivity index (χ0n) is 10.3. The van der Waals surface area contributed by atoms with E-state index in [9.17, 15) is 8.42 Å². The van der Waals surface area contributed by atoms with Gasteiger partial charge < -0.3 is 5.73 Å². The minimum atomic E-state index is -2.96. The first-order chi connectivity index (χ1) is 8.87. The molecule has 1 aromatic carbocycles. The molecule has 0 radical (unpaired) electrons. The number of thioether (sulfide) groups is 1. The van der Waals surface area contributed by atoms with Gasteiger partial charge in [0.15, 0.2) is 0 Å². The molecule has 2 rings (SSSR count). The molecule has 1 heterocycles. The Morgan fingerprint density at radius 2 is 2.16 bits per heavy atom. The number of nitrogens with zero attached hydrogens (tertiary/aromatic N) is 1. The number of halogens is 1. The standard InChI is InChI=1S/C12H13BrN2O2S2/c1-19(16,17)5-4-18-12-9-6-8(13)2-3-11(9)15-7-10(12)14/h2-3,6-7H,4-5,14H2,1H3.